The summed E-state index contributed by atoms with van der Waals surface area (Å²) in [5.41, 5.74) is 5.21. The summed E-state index contributed by atoms with van der Waals surface area (Å²) < 4.78 is 0. The predicted octanol–water partition coefficient (Wildman–Crippen LogP) is 2.46. The Morgan fingerprint density at radius 3 is 1.60 bits per heavy atom. The average Bonchev–Trinajstić information content (AvgIpc) is 2.03. The number of thiol groups is 1. The fourth-order valence-corrected chi connectivity index (χ4v) is 0.167. The van der Waals surface area contributed by atoms with Gasteiger partial charge in [-0.05, 0) is 6.42 Å². The summed E-state index contributed by atoms with van der Waals surface area (Å²) >= 11 is 4.10. The van der Waals surface area contributed by atoms with Crippen molar-refractivity contribution in [2.75, 3.05) is 6.54 Å². The zero-order valence-corrected chi connectivity index (χ0v) is 8.32. The van der Waals surface area contributed by atoms with Crippen molar-refractivity contribution in [2.24, 2.45) is 5.73 Å². The second kappa shape index (κ2) is 12.0. The molecule has 0 rings (SSSR count). The monoisotopic (exact) mass is 163 g/mol. The van der Waals surface area contributed by atoms with Crippen LogP contribution >= 0.6 is 12.6 Å². The molecule has 2 N–H and O–H groups in total. The summed E-state index contributed by atoms with van der Waals surface area (Å²) in [5.74, 6) is 0. The van der Waals surface area contributed by atoms with Crippen LogP contribution in [0.2, 0.25) is 0 Å². The maximum absolute atomic E-state index is 5.21. The molecule has 0 radical (unpaired) electrons. The Morgan fingerprint density at radius 2 is 1.60 bits per heavy atom. The normalized spacial score (nSPS) is 11.7. The lowest BCUT2D eigenvalue weighted by atomic mass is 10.3. The van der Waals surface area contributed by atoms with Gasteiger partial charge in [-0.1, -0.05) is 33.6 Å². The van der Waals surface area contributed by atoms with E-state index in [1.54, 1.807) is 0 Å². The van der Waals surface area contributed by atoms with Crippen LogP contribution in [0.3, 0.4) is 0 Å². The van der Waals surface area contributed by atoms with E-state index in [-0.39, 0.29) is 0 Å². The first kappa shape index (κ1) is 12.9. The van der Waals surface area contributed by atoms with Crippen LogP contribution in [0.15, 0.2) is 0 Å². The number of unbranched alkanes of at least 4 members (excludes halogenated alkanes) is 1. The highest BCUT2D eigenvalue weighted by Gasteiger charge is 1.90. The van der Waals surface area contributed by atoms with E-state index in [4.69, 9.17) is 5.73 Å². The Balaban J connectivity index is 0. The summed E-state index contributed by atoms with van der Waals surface area (Å²) in [4.78, 5) is 0. The Hall–Kier alpha value is 0.310. The summed E-state index contributed by atoms with van der Waals surface area (Å²) in [6.07, 6.45) is 3.71. The number of nitrogens with two attached hydrogens (primary N) is 1. The highest BCUT2D eigenvalue weighted by molar-refractivity contribution is 7.81. The van der Waals surface area contributed by atoms with Crippen molar-refractivity contribution >= 4 is 12.6 Å². The summed E-state index contributed by atoms with van der Waals surface area (Å²) in [6.45, 7) is 7.13. The van der Waals surface area contributed by atoms with Crippen LogP contribution in [0, 0.1) is 0 Å². The molecule has 1 nitrogen and oxygen atoms in total. The van der Waals surface area contributed by atoms with E-state index >= 15 is 0 Å². The number of hydrogen-bond acceptors (Lipinski definition) is 2. The van der Waals surface area contributed by atoms with Gasteiger partial charge in [0.2, 0.25) is 0 Å². The van der Waals surface area contributed by atoms with E-state index in [1.807, 2.05) is 0 Å². The quantitative estimate of drug-likeness (QED) is 0.614. The van der Waals surface area contributed by atoms with Gasteiger partial charge in [0.05, 0.1) is 0 Å². The minimum atomic E-state index is 0.407. The molecule has 1 atom stereocenters. The summed E-state index contributed by atoms with van der Waals surface area (Å²) in [5, 5.41) is 0.407. The predicted molar refractivity (Wildman–Crippen MR) is 52.7 cm³/mol. The van der Waals surface area contributed by atoms with Gasteiger partial charge in [-0.25, -0.2) is 0 Å². The SMILES string of the molecule is CCC(S)CN.CCCC. The highest BCUT2D eigenvalue weighted by atomic mass is 32.1. The van der Waals surface area contributed by atoms with Crippen molar-refractivity contribution in [3.05, 3.63) is 0 Å². The molecule has 0 spiro atoms. The van der Waals surface area contributed by atoms with Gasteiger partial charge in [-0.2, -0.15) is 12.6 Å². The first-order chi connectivity index (χ1) is 4.72. The highest BCUT2D eigenvalue weighted by Crippen LogP contribution is 1.94. The van der Waals surface area contributed by atoms with E-state index < -0.39 is 0 Å². The van der Waals surface area contributed by atoms with Crippen LogP contribution in [0.4, 0.5) is 0 Å². The molecule has 0 saturated carbocycles. The van der Waals surface area contributed by atoms with Gasteiger partial charge in [-0.3, -0.25) is 0 Å². The van der Waals surface area contributed by atoms with Crippen molar-refractivity contribution in [1.29, 1.82) is 0 Å². The molecule has 0 aliphatic rings. The van der Waals surface area contributed by atoms with Gasteiger partial charge >= 0.3 is 0 Å². The first-order valence-electron chi connectivity index (χ1n) is 4.10. The molecule has 0 saturated heterocycles. The molecule has 10 heavy (non-hydrogen) atoms. The standard InChI is InChI=1S/C4H11NS.C4H10/c1-2-4(6)3-5;1-3-4-2/h4,6H,2-3,5H2,1H3;3-4H2,1-2H3. The molecule has 0 aromatic rings. The topological polar surface area (TPSA) is 26.0 Å². The molecule has 0 amide bonds. The Kier molecular flexibility index (Phi) is 15.6. The van der Waals surface area contributed by atoms with Crippen molar-refractivity contribution in [3.8, 4) is 0 Å². The smallest absolute Gasteiger partial charge is 0.0137 e. The van der Waals surface area contributed by atoms with Crippen molar-refractivity contribution in [3.63, 3.8) is 0 Å². The first-order valence-corrected chi connectivity index (χ1v) is 4.62. The second-order valence-corrected chi connectivity index (χ2v) is 3.03. The fraction of sp³-hybridized carbons (Fsp3) is 1.00. The van der Waals surface area contributed by atoms with E-state index in [9.17, 15) is 0 Å². The van der Waals surface area contributed by atoms with Gasteiger partial charge in [0, 0.05) is 11.8 Å². The van der Waals surface area contributed by atoms with E-state index in [1.165, 1.54) is 12.8 Å². The van der Waals surface area contributed by atoms with Crippen molar-refractivity contribution < 1.29 is 0 Å². The second-order valence-electron chi connectivity index (χ2n) is 2.30. The molecule has 0 bridgehead atoms. The third-order valence-corrected chi connectivity index (χ3v) is 1.82. The van der Waals surface area contributed by atoms with Crippen LogP contribution in [0.1, 0.15) is 40.0 Å². The summed E-state index contributed by atoms with van der Waals surface area (Å²) in [7, 11) is 0. The van der Waals surface area contributed by atoms with E-state index in [0.29, 0.717) is 11.8 Å². The van der Waals surface area contributed by atoms with Gasteiger partial charge < -0.3 is 5.73 Å². The fourth-order valence-electron chi connectivity index (χ4n) is 0.167. The average molecular weight is 163 g/mol. The third-order valence-electron chi connectivity index (χ3n) is 1.24. The van der Waals surface area contributed by atoms with Crippen LogP contribution in [-0.2, 0) is 0 Å². The molecule has 0 fully saturated rings. The van der Waals surface area contributed by atoms with Crippen LogP contribution in [0.25, 0.3) is 0 Å². The zero-order valence-electron chi connectivity index (χ0n) is 7.43. The van der Waals surface area contributed by atoms with E-state index in [0.717, 1.165) is 6.42 Å². The maximum Gasteiger partial charge on any atom is 0.0137 e. The lowest BCUT2D eigenvalue weighted by Gasteiger charge is -1.98. The third kappa shape index (κ3) is 15.7. The molecular formula is C8H21NS. The maximum atomic E-state index is 5.21. The number of rotatable bonds is 3. The molecule has 0 aliphatic carbocycles. The summed E-state index contributed by atoms with van der Waals surface area (Å²) in [6, 6.07) is 0. The lowest BCUT2D eigenvalue weighted by Crippen LogP contribution is -2.12. The lowest BCUT2D eigenvalue weighted by molar-refractivity contribution is 0.833. The molecule has 0 aromatic heterocycles. The van der Waals surface area contributed by atoms with Gasteiger partial charge in [-0.15, -0.1) is 0 Å². The zero-order chi connectivity index (χ0) is 8.41. The van der Waals surface area contributed by atoms with Crippen LogP contribution in [-0.4, -0.2) is 11.8 Å². The Bertz CT molecular complexity index is 42.5. The van der Waals surface area contributed by atoms with Crippen LogP contribution < -0.4 is 5.73 Å². The molecule has 0 aromatic carbocycles. The minimum absolute atomic E-state index is 0.407. The van der Waals surface area contributed by atoms with E-state index in [2.05, 4.69) is 33.4 Å². The Morgan fingerprint density at radius 1 is 1.20 bits per heavy atom. The van der Waals surface area contributed by atoms with Gasteiger partial charge in [0.25, 0.3) is 0 Å². The van der Waals surface area contributed by atoms with Gasteiger partial charge in [0.15, 0.2) is 0 Å². The molecule has 0 heterocycles. The molecule has 1 unspecified atom stereocenters. The molecule has 64 valence electrons. The van der Waals surface area contributed by atoms with Crippen molar-refractivity contribution in [2.45, 2.75) is 45.3 Å². The minimum Gasteiger partial charge on any atom is -0.329 e. The molecular weight excluding hydrogens is 142 g/mol. The van der Waals surface area contributed by atoms with Gasteiger partial charge in [0.1, 0.15) is 0 Å². The number of hydrogen-bond donors (Lipinski definition) is 2. The van der Waals surface area contributed by atoms with Crippen LogP contribution in [0.5, 0.6) is 0 Å². The van der Waals surface area contributed by atoms with Crippen molar-refractivity contribution in [1.82, 2.24) is 0 Å². The Labute approximate surface area is 70.8 Å². The largest absolute Gasteiger partial charge is 0.329 e. The molecule has 0 aliphatic heterocycles. The molecule has 2 heteroatoms.